The second kappa shape index (κ2) is 5.92. The molecule has 106 valence electrons. The van der Waals surface area contributed by atoms with Crippen LogP contribution in [0.5, 0.6) is 0 Å². The molecule has 2 aliphatic carbocycles. The van der Waals surface area contributed by atoms with Crippen LogP contribution in [0.3, 0.4) is 0 Å². The second-order valence-corrected chi connectivity index (χ2v) is 6.67. The SMILES string of the molecule is CCCC(C1(O)CCCCC1)C1(O)CCCCC1. The maximum atomic E-state index is 11.0. The molecule has 0 spiro atoms. The van der Waals surface area contributed by atoms with Crippen LogP contribution in [0.2, 0.25) is 0 Å². The first kappa shape index (κ1) is 14.3. The lowest BCUT2D eigenvalue weighted by molar-refractivity contribution is -0.156. The monoisotopic (exact) mass is 254 g/mol. The average molecular weight is 254 g/mol. The quantitative estimate of drug-likeness (QED) is 0.801. The molecular formula is C16H30O2. The van der Waals surface area contributed by atoms with E-state index in [1.54, 1.807) is 0 Å². The van der Waals surface area contributed by atoms with Gasteiger partial charge in [-0.05, 0) is 32.1 Å². The molecule has 2 saturated carbocycles. The summed E-state index contributed by atoms with van der Waals surface area (Å²) in [5, 5.41) is 22.0. The summed E-state index contributed by atoms with van der Waals surface area (Å²) in [6, 6.07) is 0. The van der Waals surface area contributed by atoms with Gasteiger partial charge in [0.15, 0.2) is 0 Å². The molecule has 0 saturated heterocycles. The molecule has 0 unspecified atom stereocenters. The zero-order valence-corrected chi connectivity index (χ0v) is 12.0. The van der Waals surface area contributed by atoms with Gasteiger partial charge in [0, 0.05) is 5.92 Å². The fourth-order valence-corrected chi connectivity index (χ4v) is 4.35. The molecule has 0 aromatic carbocycles. The largest absolute Gasteiger partial charge is 0.389 e. The van der Waals surface area contributed by atoms with Crippen molar-refractivity contribution in [3.8, 4) is 0 Å². The molecule has 0 aliphatic heterocycles. The summed E-state index contributed by atoms with van der Waals surface area (Å²) < 4.78 is 0. The summed E-state index contributed by atoms with van der Waals surface area (Å²) in [7, 11) is 0. The van der Waals surface area contributed by atoms with Crippen molar-refractivity contribution in [3.63, 3.8) is 0 Å². The van der Waals surface area contributed by atoms with E-state index in [-0.39, 0.29) is 5.92 Å². The molecule has 2 rings (SSSR count). The predicted molar refractivity (Wildman–Crippen MR) is 74.5 cm³/mol. The van der Waals surface area contributed by atoms with Gasteiger partial charge < -0.3 is 10.2 Å². The van der Waals surface area contributed by atoms with Crippen LogP contribution < -0.4 is 0 Å². The number of aliphatic hydroxyl groups is 2. The molecule has 2 N–H and O–H groups in total. The van der Waals surface area contributed by atoms with Crippen molar-refractivity contribution in [2.75, 3.05) is 0 Å². The maximum absolute atomic E-state index is 11.0. The van der Waals surface area contributed by atoms with Crippen LogP contribution in [0.25, 0.3) is 0 Å². The molecule has 2 heteroatoms. The van der Waals surface area contributed by atoms with Gasteiger partial charge in [-0.15, -0.1) is 0 Å². The summed E-state index contributed by atoms with van der Waals surface area (Å²) in [6.45, 7) is 2.17. The van der Waals surface area contributed by atoms with Crippen molar-refractivity contribution >= 4 is 0 Å². The minimum absolute atomic E-state index is 0.107. The minimum atomic E-state index is -0.583. The fraction of sp³-hybridized carbons (Fsp3) is 1.00. The molecule has 0 radical (unpaired) electrons. The van der Waals surface area contributed by atoms with E-state index in [1.165, 1.54) is 12.8 Å². The van der Waals surface area contributed by atoms with Gasteiger partial charge >= 0.3 is 0 Å². The molecule has 0 aromatic rings. The Hall–Kier alpha value is -0.0800. The van der Waals surface area contributed by atoms with Crippen LogP contribution in [-0.2, 0) is 0 Å². The summed E-state index contributed by atoms with van der Waals surface area (Å²) >= 11 is 0. The Balaban J connectivity index is 2.15. The highest BCUT2D eigenvalue weighted by molar-refractivity contribution is 5.00. The lowest BCUT2D eigenvalue weighted by Gasteiger charge is -2.49. The Morgan fingerprint density at radius 2 is 1.17 bits per heavy atom. The third kappa shape index (κ3) is 2.91. The highest BCUT2D eigenvalue weighted by Crippen LogP contribution is 2.47. The number of hydrogen-bond donors (Lipinski definition) is 2. The van der Waals surface area contributed by atoms with E-state index in [1.807, 2.05) is 0 Å². The molecule has 0 heterocycles. The summed E-state index contributed by atoms with van der Waals surface area (Å²) in [6.07, 6.45) is 12.7. The van der Waals surface area contributed by atoms with Crippen molar-refractivity contribution in [2.45, 2.75) is 95.2 Å². The van der Waals surface area contributed by atoms with E-state index in [0.29, 0.717) is 0 Å². The normalized spacial score (nSPS) is 27.3. The van der Waals surface area contributed by atoms with Crippen molar-refractivity contribution in [1.29, 1.82) is 0 Å². The Bertz CT molecular complexity index is 226. The smallest absolute Gasteiger partial charge is 0.0703 e. The standard InChI is InChI=1S/C16H30O2/c1-2-9-14(15(17)10-5-3-6-11-15)16(18)12-7-4-8-13-16/h14,17-18H,2-13H2,1H3. The van der Waals surface area contributed by atoms with Gasteiger partial charge in [0.1, 0.15) is 0 Å². The Morgan fingerprint density at radius 3 is 1.50 bits per heavy atom. The maximum Gasteiger partial charge on any atom is 0.0703 e. The van der Waals surface area contributed by atoms with Crippen LogP contribution in [-0.4, -0.2) is 21.4 Å². The number of hydrogen-bond acceptors (Lipinski definition) is 2. The van der Waals surface area contributed by atoms with Gasteiger partial charge in [-0.3, -0.25) is 0 Å². The molecule has 18 heavy (non-hydrogen) atoms. The summed E-state index contributed by atoms with van der Waals surface area (Å²) in [4.78, 5) is 0. The van der Waals surface area contributed by atoms with E-state index in [9.17, 15) is 10.2 Å². The van der Waals surface area contributed by atoms with Gasteiger partial charge in [-0.1, -0.05) is 51.9 Å². The van der Waals surface area contributed by atoms with E-state index < -0.39 is 11.2 Å². The Morgan fingerprint density at radius 1 is 0.778 bits per heavy atom. The molecule has 2 aliphatic rings. The third-order valence-electron chi connectivity index (χ3n) is 5.31. The molecule has 0 bridgehead atoms. The Labute approximate surface area is 112 Å². The van der Waals surface area contributed by atoms with E-state index in [2.05, 4.69) is 6.92 Å². The average Bonchev–Trinajstić information content (AvgIpc) is 2.37. The van der Waals surface area contributed by atoms with Gasteiger partial charge in [0.2, 0.25) is 0 Å². The zero-order valence-electron chi connectivity index (χ0n) is 12.0. The van der Waals surface area contributed by atoms with Gasteiger partial charge in [0.25, 0.3) is 0 Å². The molecule has 2 fully saturated rings. The summed E-state index contributed by atoms with van der Waals surface area (Å²) in [5.74, 6) is 0.107. The lowest BCUT2D eigenvalue weighted by Crippen LogP contribution is -2.53. The molecule has 0 aromatic heterocycles. The predicted octanol–water partition coefficient (Wildman–Crippen LogP) is 3.79. The Kier molecular flexibility index (Phi) is 4.71. The van der Waals surface area contributed by atoms with Crippen LogP contribution in [0.15, 0.2) is 0 Å². The van der Waals surface area contributed by atoms with Gasteiger partial charge in [0.05, 0.1) is 11.2 Å². The van der Waals surface area contributed by atoms with Crippen molar-refractivity contribution in [3.05, 3.63) is 0 Å². The van der Waals surface area contributed by atoms with Crippen LogP contribution >= 0.6 is 0 Å². The first-order valence-corrected chi connectivity index (χ1v) is 8.05. The lowest BCUT2D eigenvalue weighted by atomic mass is 9.63. The van der Waals surface area contributed by atoms with E-state index >= 15 is 0 Å². The molecule has 0 atom stereocenters. The zero-order chi connectivity index (χ0) is 13.1. The number of rotatable bonds is 4. The molecule has 2 nitrogen and oxygen atoms in total. The summed E-state index contributed by atoms with van der Waals surface area (Å²) in [5.41, 5.74) is -1.17. The molecule has 0 amide bonds. The molecular weight excluding hydrogens is 224 g/mol. The highest BCUT2D eigenvalue weighted by Gasteiger charge is 2.48. The van der Waals surface area contributed by atoms with E-state index in [4.69, 9.17) is 0 Å². The van der Waals surface area contributed by atoms with Gasteiger partial charge in [-0.25, -0.2) is 0 Å². The minimum Gasteiger partial charge on any atom is -0.389 e. The van der Waals surface area contributed by atoms with Crippen molar-refractivity contribution in [1.82, 2.24) is 0 Å². The van der Waals surface area contributed by atoms with Crippen LogP contribution in [0.1, 0.15) is 84.0 Å². The van der Waals surface area contributed by atoms with Crippen molar-refractivity contribution in [2.24, 2.45) is 5.92 Å². The second-order valence-electron chi connectivity index (χ2n) is 6.67. The van der Waals surface area contributed by atoms with Crippen molar-refractivity contribution < 1.29 is 10.2 Å². The van der Waals surface area contributed by atoms with Crippen LogP contribution in [0, 0.1) is 5.92 Å². The first-order chi connectivity index (χ1) is 8.61. The fourth-order valence-electron chi connectivity index (χ4n) is 4.35. The van der Waals surface area contributed by atoms with Crippen LogP contribution in [0.4, 0.5) is 0 Å². The highest BCUT2D eigenvalue weighted by atomic mass is 16.3. The first-order valence-electron chi connectivity index (χ1n) is 8.05. The third-order valence-corrected chi connectivity index (χ3v) is 5.31. The van der Waals surface area contributed by atoms with Gasteiger partial charge in [-0.2, -0.15) is 0 Å². The topological polar surface area (TPSA) is 40.5 Å². The van der Waals surface area contributed by atoms with E-state index in [0.717, 1.165) is 64.2 Å².